The van der Waals surface area contributed by atoms with Crippen LogP contribution >= 0.6 is 0 Å². The third-order valence-corrected chi connectivity index (χ3v) is 3.95. The van der Waals surface area contributed by atoms with Gasteiger partial charge in [0.2, 0.25) is 5.91 Å². The first-order chi connectivity index (χ1) is 10.2. The Balaban J connectivity index is 1.83. The fraction of sp³-hybridized carbons (Fsp3) is 0.692. The number of nitrogens with zero attached hydrogens (tertiary/aromatic N) is 4. The van der Waals surface area contributed by atoms with Gasteiger partial charge in [0.1, 0.15) is 18.3 Å². The Labute approximate surface area is 121 Å². The number of carbonyl (C=O) groups excluding carboxylic acids is 1. The number of carboxylic acid groups (broad SMARTS) is 1. The normalized spacial score (nSPS) is 21.9. The molecule has 0 aliphatic carbocycles. The summed E-state index contributed by atoms with van der Waals surface area (Å²) in [5, 5.41) is 16.8. The van der Waals surface area contributed by atoms with Crippen LogP contribution in [-0.2, 0) is 16.1 Å². The molecule has 2 fully saturated rings. The zero-order valence-electron chi connectivity index (χ0n) is 11.7. The monoisotopic (exact) mass is 294 g/mol. The Hall–Kier alpha value is -1.96. The average Bonchev–Trinajstić information content (AvgIpc) is 3.19. The summed E-state index contributed by atoms with van der Waals surface area (Å²) in [4.78, 5) is 25.3. The number of hydrogen-bond donors (Lipinski definition) is 1. The smallest absolute Gasteiger partial charge is 0.358 e. The van der Waals surface area contributed by atoms with E-state index in [0.717, 1.165) is 38.8 Å². The van der Waals surface area contributed by atoms with Gasteiger partial charge in [-0.25, -0.2) is 9.48 Å². The van der Waals surface area contributed by atoms with E-state index in [2.05, 4.69) is 10.3 Å². The van der Waals surface area contributed by atoms with Crippen LogP contribution in [0.4, 0.5) is 0 Å². The largest absolute Gasteiger partial charge is 0.476 e. The maximum absolute atomic E-state index is 12.2. The van der Waals surface area contributed by atoms with Crippen LogP contribution in [0.3, 0.4) is 0 Å². The van der Waals surface area contributed by atoms with Crippen LogP contribution in [0, 0.1) is 0 Å². The predicted octanol–water partition coefficient (Wildman–Crippen LogP) is 0.450. The molecule has 8 nitrogen and oxygen atoms in total. The number of carbonyl (C=O) groups is 2. The van der Waals surface area contributed by atoms with E-state index in [1.807, 2.05) is 0 Å². The maximum atomic E-state index is 12.2. The first-order valence-electron chi connectivity index (χ1n) is 7.23. The van der Waals surface area contributed by atoms with Gasteiger partial charge in [0.15, 0.2) is 5.69 Å². The van der Waals surface area contributed by atoms with Crippen molar-refractivity contribution in [3.05, 3.63) is 11.4 Å². The Morgan fingerprint density at radius 2 is 2.05 bits per heavy atom. The number of aromatic nitrogens is 3. The molecular weight excluding hydrogens is 276 g/mol. The summed E-state index contributed by atoms with van der Waals surface area (Å²) < 4.78 is 6.94. The molecule has 0 radical (unpaired) electrons. The lowest BCUT2D eigenvalue weighted by molar-refractivity contribution is -0.131. The number of rotatable bonds is 4. The highest BCUT2D eigenvalue weighted by molar-refractivity contribution is 5.86. The third kappa shape index (κ3) is 2.76. The van der Waals surface area contributed by atoms with Crippen LogP contribution in [0.1, 0.15) is 48.0 Å². The first-order valence-corrected chi connectivity index (χ1v) is 7.23. The van der Waals surface area contributed by atoms with Gasteiger partial charge in [-0.15, -0.1) is 5.10 Å². The second-order valence-corrected chi connectivity index (χ2v) is 5.38. The SMILES string of the molecule is O=C(O)c1nnn(CC(=O)N2CCCC2)c1C1CCCO1. The fourth-order valence-corrected chi connectivity index (χ4v) is 2.90. The standard InChI is InChI=1S/C13H18N4O4/c18-10(16-5-1-2-6-16)8-17-12(9-4-3-7-21-9)11(13(19)20)14-15-17/h9H,1-8H2,(H,19,20). The van der Waals surface area contributed by atoms with Crippen molar-refractivity contribution in [2.45, 2.75) is 38.3 Å². The number of likely N-dealkylation sites (tertiary alicyclic amines) is 1. The summed E-state index contributed by atoms with van der Waals surface area (Å²) in [6.45, 7) is 2.13. The van der Waals surface area contributed by atoms with Gasteiger partial charge in [0.25, 0.3) is 0 Å². The van der Waals surface area contributed by atoms with Gasteiger partial charge in [0.05, 0.1) is 0 Å². The second kappa shape index (κ2) is 5.80. The fourth-order valence-electron chi connectivity index (χ4n) is 2.90. The molecular formula is C13H18N4O4. The lowest BCUT2D eigenvalue weighted by Gasteiger charge is -2.17. The Bertz CT molecular complexity index is 544. The molecule has 1 unspecified atom stereocenters. The molecule has 0 aromatic carbocycles. The highest BCUT2D eigenvalue weighted by Gasteiger charge is 2.31. The van der Waals surface area contributed by atoms with E-state index in [1.54, 1.807) is 4.90 Å². The van der Waals surface area contributed by atoms with Crippen molar-refractivity contribution in [1.29, 1.82) is 0 Å². The molecule has 0 saturated carbocycles. The van der Waals surface area contributed by atoms with Gasteiger partial charge in [-0.05, 0) is 25.7 Å². The van der Waals surface area contributed by atoms with Gasteiger partial charge in [0, 0.05) is 19.7 Å². The minimum atomic E-state index is -1.14. The molecule has 1 amide bonds. The first kappa shape index (κ1) is 14.0. The summed E-state index contributed by atoms with van der Waals surface area (Å²) in [5.41, 5.74) is 0.295. The summed E-state index contributed by atoms with van der Waals surface area (Å²) in [5.74, 6) is -1.19. The quantitative estimate of drug-likeness (QED) is 0.866. The average molecular weight is 294 g/mol. The molecule has 1 atom stereocenters. The summed E-state index contributed by atoms with van der Waals surface area (Å²) in [6.07, 6.45) is 3.29. The van der Waals surface area contributed by atoms with Crippen molar-refractivity contribution in [1.82, 2.24) is 19.9 Å². The van der Waals surface area contributed by atoms with E-state index in [9.17, 15) is 14.7 Å². The maximum Gasteiger partial charge on any atom is 0.358 e. The van der Waals surface area contributed by atoms with E-state index in [4.69, 9.17) is 4.74 Å². The molecule has 1 aromatic heterocycles. The number of amides is 1. The van der Waals surface area contributed by atoms with Gasteiger partial charge in [-0.2, -0.15) is 0 Å². The summed E-state index contributed by atoms with van der Waals surface area (Å²) in [7, 11) is 0. The number of aromatic carboxylic acids is 1. The summed E-state index contributed by atoms with van der Waals surface area (Å²) >= 11 is 0. The second-order valence-electron chi connectivity index (χ2n) is 5.38. The molecule has 1 aromatic rings. The number of hydrogen-bond acceptors (Lipinski definition) is 5. The van der Waals surface area contributed by atoms with Gasteiger partial charge < -0.3 is 14.7 Å². The van der Waals surface area contributed by atoms with Gasteiger partial charge >= 0.3 is 5.97 Å². The number of ether oxygens (including phenoxy) is 1. The van der Waals surface area contributed by atoms with Crippen LogP contribution in [0.15, 0.2) is 0 Å². The van der Waals surface area contributed by atoms with Crippen LogP contribution in [0.5, 0.6) is 0 Å². The van der Waals surface area contributed by atoms with Crippen molar-refractivity contribution < 1.29 is 19.4 Å². The lowest BCUT2D eigenvalue weighted by Crippen LogP contribution is -2.32. The molecule has 3 heterocycles. The van der Waals surface area contributed by atoms with E-state index >= 15 is 0 Å². The summed E-state index contributed by atoms with van der Waals surface area (Å²) in [6, 6.07) is 0. The molecule has 2 aliphatic heterocycles. The van der Waals surface area contributed by atoms with Crippen LogP contribution in [0.25, 0.3) is 0 Å². The number of carboxylic acids is 1. The predicted molar refractivity (Wildman–Crippen MR) is 70.7 cm³/mol. The highest BCUT2D eigenvalue weighted by atomic mass is 16.5. The Kier molecular flexibility index (Phi) is 3.87. The van der Waals surface area contributed by atoms with Crippen LogP contribution in [0.2, 0.25) is 0 Å². The van der Waals surface area contributed by atoms with Crippen molar-refractivity contribution in [3.8, 4) is 0 Å². The molecule has 3 rings (SSSR count). The molecule has 2 aliphatic rings. The molecule has 1 N–H and O–H groups in total. The molecule has 0 spiro atoms. The molecule has 114 valence electrons. The molecule has 8 heteroatoms. The van der Waals surface area contributed by atoms with Crippen LogP contribution < -0.4 is 0 Å². The van der Waals surface area contributed by atoms with Crippen molar-refractivity contribution in [2.24, 2.45) is 0 Å². The van der Waals surface area contributed by atoms with Crippen molar-refractivity contribution in [3.63, 3.8) is 0 Å². The van der Waals surface area contributed by atoms with Crippen molar-refractivity contribution in [2.75, 3.05) is 19.7 Å². The van der Waals surface area contributed by atoms with Gasteiger partial charge in [-0.3, -0.25) is 4.79 Å². The lowest BCUT2D eigenvalue weighted by atomic mass is 10.1. The Morgan fingerprint density at radius 1 is 1.29 bits per heavy atom. The van der Waals surface area contributed by atoms with Gasteiger partial charge in [-0.1, -0.05) is 5.21 Å². The topological polar surface area (TPSA) is 97.5 Å². The van der Waals surface area contributed by atoms with Crippen molar-refractivity contribution >= 4 is 11.9 Å². The minimum absolute atomic E-state index is 0.0233. The van der Waals surface area contributed by atoms with E-state index in [0.29, 0.717) is 12.3 Å². The minimum Gasteiger partial charge on any atom is -0.476 e. The molecule has 2 saturated heterocycles. The highest BCUT2D eigenvalue weighted by Crippen LogP contribution is 2.30. The zero-order valence-corrected chi connectivity index (χ0v) is 11.7. The van der Waals surface area contributed by atoms with E-state index in [1.165, 1.54) is 4.68 Å². The zero-order chi connectivity index (χ0) is 14.8. The van der Waals surface area contributed by atoms with E-state index in [-0.39, 0.29) is 24.2 Å². The molecule has 21 heavy (non-hydrogen) atoms. The van der Waals surface area contributed by atoms with Crippen LogP contribution in [-0.4, -0.2) is 56.6 Å². The molecule has 0 bridgehead atoms. The third-order valence-electron chi connectivity index (χ3n) is 3.95. The van der Waals surface area contributed by atoms with E-state index < -0.39 is 5.97 Å². The Morgan fingerprint density at radius 3 is 2.67 bits per heavy atom.